The molecule has 0 aliphatic heterocycles. The lowest BCUT2D eigenvalue weighted by Crippen LogP contribution is -2.38. The lowest BCUT2D eigenvalue weighted by Gasteiger charge is -2.20. The Morgan fingerprint density at radius 2 is 1.91 bits per heavy atom. The van der Waals surface area contributed by atoms with E-state index in [1.165, 1.54) is 4.88 Å². The van der Waals surface area contributed by atoms with Crippen molar-refractivity contribution in [2.24, 2.45) is 5.92 Å². The highest BCUT2D eigenvalue weighted by Crippen LogP contribution is 2.25. The zero-order valence-electron chi connectivity index (χ0n) is 13.6. The molecule has 124 valence electrons. The lowest BCUT2D eigenvalue weighted by atomic mass is 10.0. The van der Waals surface area contributed by atoms with Crippen LogP contribution in [0.2, 0.25) is 0 Å². The van der Waals surface area contributed by atoms with Crippen molar-refractivity contribution in [1.82, 2.24) is 10.6 Å². The van der Waals surface area contributed by atoms with Crippen LogP contribution in [0.1, 0.15) is 42.3 Å². The number of nitrogens with one attached hydrogen (secondary N) is 2. The molecule has 1 atom stereocenters. The highest BCUT2D eigenvalue weighted by Gasteiger charge is 2.17. The summed E-state index contributed by atoms with van der Waals surface area (Å²) in [6, 6.07) is 11.5. The van der Waals surface area contributed by atoms with Gasteiger partial charge in [0.15, 0.2) is 0 Å². The summed E-state index contributed by atoms with van der Waals surface area (Å²) >= 11 is 1.66. The third-order valence-corrected chi connectivity index (χ3v) is 4.61. The lowest BCUT2D eigenvalue weighted by molar-refractivity contribution is 0.234. The summed E-state index contributed by atoms with van der Waals surface area (Å²) in [6.07, 6.45) is 0.904. The van der Waals surface area contributed by atoms with Gasteiger partial charge in [0.2, 0.25) is 0 Å². The predicted octanol–water partition coefficient (Wildman–Crippen LogP) is 3.83. The van der Waals surface area contributed by atoms with Crippen LogP contribution in [-0.2, 0) is 13.2 Å². The normalized spacial score (nSPS) is 12.2. The van der Waals surface area contributed by atoms with Gasteiger partial charge in [-0.25, -0.2) is 4.79 Å². The van der Waals surface area contributed by atoms with Gasteiger partial charge in [0.25, 0.3) is 0 Å². The maximum absolute atomic E-state index is 12.2. The molecule has 2 aromatic rings. The second-order valence-electron chi connectivity index (χ2n) is 5.95. The first-order chi connectivity index (χ1) is 11.1. The molecule has 0 fully saturated rings. The Balaban J connectivity index is 1.94. The Labute approximate surface area is 141 Å². The zero-order valence-corrected chi connectivity index (χ0v) is 14.4. The number of benzene rings is 1. The van der Waals surface area contributed by atoms with Gasteiger partial charge in [0, 0.05) is 11.4 Å². The number of thiophene rings is 1. The van der Waals surface area contributed by atoms with Crippen molar-refractivity contribution in [3.63, 3.8) is 0 Å². The first-order valence-electron chi connectivity index (χ1n) is 7.85. The van der Waals surface area contributed by atoms with Crippen LogP contribution in [0, 0.1) is 5.92 Å². The van der Waals surface area contributed by atoms with Crippen LogP contribution in [0.15, 0.2) is 41.8 Å². The third kappa shape index (κ3) is 5.37. The predicted molar refractivity (Wildman–Crippen MR) is 94.3 cm³/mol. The molecule has 5 heteroatoms. The number of aliphatic hydroxyl groups excluding tert-OH is 1. The van der Waals surface area contributed by atoms with E-state index >= 15 is 0 Å². The van der Waals surface area contributed by atoms with Crippen molar-refractivity contribution in [3.8, 4) is 0 Å². The minimum atomic E-state index is -0.184. The number of amides is 2. The van der Waals surface area contributed by atoms with E-state index in [0.717, 1.165) is 17.5 Å². The second kappa shape index (κ2) is 8.70. The highest BCUT2D eigenvalue weighted by molar-refractivity contribution is 7.10. The van der Waals surface area contributed by atoms with Crippen LogP contribution in [0.3, 0.4) is 0 Å². The van der Waals surface area contributed by atoms with E-state index in [1.807, 2.05) is 35.7 Å². The molecule has 0 saturated carbocycles. The van der Waals surface area contributed by atoms with Crippen LogP contribution in [-0.4, -0.2) is 11.1 Å². The molecule has 0 bridgehead atoms. The number of carbonyl (C=O) groups excluding carboxylic acids is 1. The van der Waals surface area contributed by atoms with Gasteiger partial charge in [-0.2, -0.15) is 0 Å². The van der Waals surface area contributed by atoms with E-state index < -0.39 is 0 Å². The number of rotatable bonds is 7. The average Bonchev–Trinajstić information content (AvgIpc) is 3.06. The molecular weight excluding hydrogens is 308 g/mol. The van der Waals surface area contributed by atoms with E-state index in [2.05, 4.69) is 30.5 Å². The van der Waals surface area contributed by atoms with Crippen LogP contribution in [0.25, 0.3) is 0 Å². The van der Waals surface area contributed by atoms with Crippen LogP contribution in [0.4, 0.5) is 4.79 Å². The number of urea groups is 1. The van der Waals surface area contributed by atoms with Gasteiger partial charge in [-0.1, -0.05) is 44.2 Å². The SMILES string of the molecule is CC(C)CC(NC(=O)NCc1ccccc1CO)c1cccs1. The number of carbonyl (C=O) groups is 1. The van der Waals surface area contributed by atoms with Gasteiger partial charge in [-0.15, -0.1) is 11.3 Å². The van der Waals surface area contributed by atoms with E-state index in [-0.39, 0.29) is 18.7 Å². The van der Waals surface area contributed by atoms with Crippen LogP contribution in [0.5, 0.6) is 0 Å². The molecule has 0 aliphatic rings. The zero-order chi connectivity index (χ0) is 16.7. The summed E-state index contributed by atoms with van der Waals surface area (Å²) < 4.78 is 0. The van der Waals surface area contributed by atoms with Crippen molar-refractivity contribution in [3.05, 3.63) is 57.8 Å². The standard InChI is InChI=1S/C18H24N2O2S/c1-13(2)10-16(17-8-5-9-23-17)20-18(22)19-11-14-6-3-4-7-15(14)12-21/h3-9,13,16,21H,10-12H2,1-2H3,(H2,19,20,22). The maximum Gasteiger partial charge on any atom is 0.315 e. The fourth-order valence-corrected chi connectivity index (χ4v) is 3.27. The molecule has 23 heavy (non-hydrogen) atoms. The monoisotopic (exact) mass is 332 g/mol. The summed E-state index contributed by atoms with van der Waals surface area (Å²) in [4.78, 5) is 13.4. The van der Waals surface area contributed by atoms with Crippen LogP contribution < -0.4 is 10.6 Å². The topological polar surface area (TPSA) is 61.4 Å². The number of hydrogen-bond donors (Lipinski definition) is 3. The summed E-state index contributed by atoms with van der Waals surface area (Å²) in [7, 11) is 0. The summed E-state index contributed by atoms with van der Waals surface area (Å²) in [5, 5.41) is 17.3. The minimum Gasteiger partial charge on any atom is -0.392 e. The van der Waals surface area contributed by atoms with Gasteiger partial charge < -0.3 is 15.7 Å². The molecule has 1 aromatic carbocycles. The molecule has 0 radical (unpaired) electrons. The second-order valence-corrected chi connectivity index (χ2v) is 6.93. The van der Waals surface area contributed by atoms with Gasteiger partial charge in [-0.3, -0.25) is 0 Å². The first kappa shape index (κ1) is 17.5. The maximum atomic E-state index is 12.2. The fraction of sp³-hybridized carbons (Fsp3) is 0.389. The quantitative estimate of drug-likeness (QED) is 0.721. The summed E-state index contributed by atoms with van der Waals surface area (Å²) in [5.74, 6) is 0.498. The minimum absolute atomic E-state index is 0.0232. The van der Waals surface area contributed by atoms with Gasteiger partial charge in [-0.05, 0) is 34.9 Å². The van der Waals surface area contributed by atoms with E-state index in [9.17, 15) is 9.90 Å². The highest BCUT2D eigenvalue weighted by atomic mass is 32.1. The van der Waals surface area contributed by atoms with Gasteiger partial charge in [0.05, 0.1) is 12.6 Å². The fourth-order valence-electron chi connectivity index (χ4n) is 2.48. The molecule has 0 aliphatic carbocycles. The van der Waals surface area contributed by atoms with E-state index in [0.29, 0.717) is 12.5 Å². The Hall–Kier alpha value is -1.85. The smallest absolute Gasteiger partial charge is 0.315 e. The van der Waals surface area contributed by atoms with Crippen molar-refractivity contribution in [1.29, 1.82) is 0 Å². The van der Waals surface area contributed by atoms with Gasteiger partial charge in [0.1, 0.15) is 0 Å². The Morgan fingerprint density at radius 3 is 2.52 bits per heavy atom. The van der Waals surface area contributed by atoms with Crippen molar-refractivity contribution in [2.45, 2.75) is 39.5 Å². The molecule has 2 rings (SSSR count). The Bertz CT molecular complexity index is 611. The first-order valence-corrected chi connectivity index (χ1v) is 8.73. The largest absolute Gasteiger partial charge is 0.392 e. The molecule has 0 saturated heterocycles. The Kier molecular flexibility index (Phi) is 6.62. The molecular formula is C18H24N2O2S. The summed E-state index contributed by atoms with van der Waals surface area (Å²) in [5.41, 5.74) is 1.77. The van der Waals surface area contributed by atoms with Crippen molar-refractivity contribution >= 4 is 17.4 Å². The van der Waals surface area contributed by atoms with E-state index in [1.54, 1.807) is 11.3 Å². The molecule has 1 unspecified atom stereocenters. The molecule has 1 aromatic heterocycles. The van der Waals surface area contributed by atoms with Crippen LogP contribution >= 0.6 is 11.3 Å². The molecule has 1 heterocycles. The van der Waals surface area contributed by atoms with E-state index in [4.69, 9.17) is 0 Å². The van der Waals surface area contributed by atoms with Crippen molar-refractivity contribution in [2.75, 3.05) is 0 Å². The number of aliphatic hydroxyl groups is 1. The molecule has 4 nitrogen and oxygen atoms in total. The number of hydrogen-bond acceptors (Lipinski definition) is 3. The third-order valence-electron chi connectivity index (χ3n) is 3.63. The molecule has 3 N–H and O–H groups in total. The van der Waals surface area contributed by atoms with Gasteiger partial charge >= 0.3 is 6.03 Å². The Morgan fingerprint density at radius 1 is 1.17 bits per heavy atom. The molecule has 2 amide bonds. The summed E-state index contributed by atoms with van der Waals surface area (Å²) in [6.45, 7) is 4.68. The molecule has 0 spiro atoms. The van der Waals surface area contributed by atoms with Crippen molar-refractivity contribution < 1.29 is 9.90 Å². The average molecular weight is 332 g/mol.